The van der Waals surface area contributed by atoms with Gasteiger partial charge in [-0.05, 0) is 18.2 Å². The summed E-state index contributed by atoms with van der Waals surface area (Å²) in [5.41, 5.74) is 3.00. The second kappa shape index (κ2) is 7.53. The molecule has 1 atom stereocenters. The van der Waals surface area contributed by atoms with Crippen molar-refractivity contribution in [2.45, 2.75) is 19.0 Å². The van der Waals surface area contributed by atoms with Gasteiger partial charge in [-0.3, -0.25) is 0 Å². The zero-order valence-corrected chi connectivity index (χ0v) is 15.2. The van der Waals surface area contributed by atoms with Gasteiger partial charge in [0.25, 0.3) is 0 Å². The Morgan fingerprint density at radius 1 is 1.22 bits per heavy atom. The van der Waals surface area contributed by atoms with Crippen LogP contribution in [0.15, 0.2) is 67.0 Å². The van der Waals surface area contributed by atoms with Gasteiger partial charge >= 0.3 is 6.03 Å². The molecule has 6 heteroatoms. The van der Waals surface area contributed by atoms with E-state index in [1.807, 2.05) is 65.5 Å². The predicted octanol–water partition coefficient (Wildman–Crippen LogP) is 3.54. The molecule has 1 aromatic heterocycles. The van der Waals surface area contributed by atoms with Crippen LogP contribution in [0, 0.1) is 0 Å². The molecule has 0 unspecified atom stereocenters. The van der Waals surface area contributed by atoms with Gasteiger partial charge in [-0.1, -0.05) is 36.4 Å². The minimum absolute atomic E-state index is 0.0306. The second-order valence-corrected chi connectivity index (χ2v) is 6.66. The zero-order valence-electron chi connectivity index (χ0n) is 15.2. The van der Waals surface area contributed by atoms with Crippen LogP contribution in [0.5, 0.6) is 5.75 Å². The number of nitrogens with one attached hydrogen (secondary N) is 1. The van der Waals surface area contributed by atoms with E-state index >= 15 is 0 Å². The molecule has 0 saturated heterocycles. The highest BCUT2D eigenvalue weighted by atomic mass is 16.5. The number of hydrogen-bond donors (Lipinski definition) is 1. The molecule has 3 aromatic rings. The number of urea groups is 1. The molecule has 2 heterocycles. The van der Waals surface area contributed by atoms with Crippen LogP contribution in [0.1, 0.15) is 23.6 Å². The van der Waals surface area contributed by atoms with Gasteiger partial charge in [-0.2, -0.15) is 5.10 Å². The van der Waals surface area contributed by atoms with E-state index in [1.165, 1.54) is 0 Å². The maximum Gasteiger partial charge on any atom is 0.317 e. The van der Waals surface area contributed by atoms with Crippen LogP contribution in [-0.4, -0.2) is 34.4 Å². The molecule has 27 heavy (non-hydrogen) atoms. The van der Waals surface area contributed by atoms with Crippen molar-refractivity contribution in [3.63, 3.8) is 0 Å². The van der Waals surface area contributed by atoms with Gasteiger partial charge in [0.2, 0.25) is 0 Å². The Hall–Kier alpha value is -3.28. The molecule has 0 aliphatic carbocycles. The van der Waals surface area contributed by atoms with E-state index in [9.17, 15) is 4.79 Å². The summed E-state index contributed by atoms with van der Waals surface area (Å²) in [5.74, 6) is 0.848. The van der Waals surface area contributed by atoms with Crippen LogP contribution in [0.2, 0.25) is 0 Å². The van der Waals surface area contributed by atoms with Gasteiger partial charge in [0, 0.05) is 30.8 Å². The summed E-state index contributed by atoms with van der Waals surface area (Å²) in [7, 11) is 1.79. The fourth-order valence-electron chi connectivity index (χ4n) is 3.26. The molecule has 1 N–H and O–H groups in total. The van der Waals surface area contributed by atoms with E-state index in [-0.39, 0.29) is 12.1 Å². The van der Waals surface area contributed by atoms with Crippen molar-refractivity contribution in [3.8, 4) is 11.4 Å². The lowest BCUT2D eigenvalue weighted by Crippen LogP contribution is -2.40. The molecular weight excluding hydrogens is 340 g/mol. The number of rotatable bonds is 4. The lowest BCUT2D eigenvalue weighted by molar-refractivity contribution is 0.194. The molecule has 1 aliphatic heterocycles. The van der Waals surface area contributed by atoms with Crippen LogP contribution in [0.3, 0.4) is 0 Å². The van der Waals surface area contributed by atoms with Gasteiger partial charge in [0.1, 0.15) is 5.75 Å². The first-order chi connectivity index (χ1) is 13.2. The number of hydrogen-bond acceptors (Lipinski definition) is 3. The Morgan fingerprint density at radius 2 is 2.00 bits per heavy atom. The average Bonchev–Trinajstić information content (AvgIpc) is 3.17. The number of carbonyl (C=O) groups excluding carboxylic acids is 1. The molecule has 0 spiro atoms. The molecule has 0 bridgehead atoms. The van der Waals surface area contributed by atoms with Crippen molar-refractivity contribution in [2.24, 2.45) is 0 Å². The molecular formula is C21H22N4O2. The third kappa shape index (κ3) is 3.79. The fourth-order valence-corrected chi connectivity index (χ4v) is 3.26. The Morgan fingerprint density at radius 3 is 2.85 bits per heavy atom. The molecule has 4 rings (SSSR count). The van der Waals surface area contributed by atoms with Crippen molar-refractivity contribution >= 4 is 6.03 Å². The van der Waals surface area contributed by atoms with E-state index in [2.05, 4.69) is 10.4 Å². The predicted molar refractivity (Wildman–Crippen MR) is 103 cm³/mol. The van der Waals surface area contributed by atoms with Gasteiger partial charge < -0.3 is 15.0 Å². The van der Waals surface area contributed by atoms with Crippen LogP contribution in [0.4, 0.5) is 4.79 Å². The number of benzene rings is 2. The first-order valence-corrected chi connectivity index (χ1v) is 9.03. The van der Waals surface area contributed by atoms with E-state index in [0.717, 1.165) is 29.0 Å². The van der Waals surface area contributed by atoms with E-state index < -0.39 is 0 Å². The number of amides is 2. The van der Waals surface area contributed by atoms with Crippen LogP contribution >= 0.6 is 0 Å². The molecule has 2 aromatic carbocycles. The Labute approximate surface area is 158 Å². The van der Waals surface area contributed by atoms with Crippen molar-refractivity contribution in [2.75, 3.05) is 13.7 Å². The summed E-state index contributed by atoms with van der Waals surface area (Å²) in [4.78, 5) is 14.3. The van der Waals surface area contributed by atoms with Gasteiger partial charge in [-0.15, -0.1) is 0 Å². The third-order valence-corrected chi connectivity index (χ3v) is 4.68. The lowest BCUT2D eigenvalue weighted by atomic mass is 10.0. The maximum absolute atomic E-state index is 12.6. The molecule has 6 nitrogen and oxygen atoms in total. The smallest absolute Gasteiger partial charge is 0.317 e. The number of fused-ring (bicyclic) bond motifs is 1. The lowest BCUT2D eigenvalue weighted by Gasteiger charge is -2.28. The molecule has 1 aliphatic rings. The highest BCUT2D eigenvalue weighted by Gasteiger charge is 2.23. The summed E-state index contributed by atoms with van der Waals surface area (Å²) in [6.45, 7) is 1.10. The highest BCUT2D eigenvalue weighted by molar-refractivity contribution is 5.74. The van der Waals surface area contributed by atoms with Gasteiger partial charge in [0.15, 0.2) is 0 Å². The monoisotopic (exact) mass is 362 g/mol. The van der Waals surface area contributed by atoms with Crippen molar-refractivity contribution in [1.29, 1.82) is 0 Å². The van der Waals surface area contributed by atoms with Crippen molar-refractivity contribution < 1.29 is 9.53 Å². The number of aromatic nitrogens is 2. The molecule has 0 radical (unpaired) electrons. The normalized spacial score (nSPS) is 15.5. The summed E-state index contributed by atoms with van der Waals surface area (Å²) >= 11 is 0. The largest absolute Gasteiger partial charge is 0.493 e. The van der Waals surface area contributed by atoms with Crippen molar-refractivity contribution in [3.05, 3.63) is 78.1 Å². The topological polar surface area (TPSA) is 59.4 Å². The number of ether oxygens (including phenoxy) is 1. The van der Waals surface area contributed by atoms with E-state index in [4.69, 9.17) is 4.74 Å². The van der Waals surface area contributed by atoms with Gasteiger partial charge in [-0.25, -0.2) is 9.48 Å². The standard InChI is InChI=1S/C21H22N4O2/c1-24(14-16-13-22-25(15-16)17-7-3-2-4-8-17)21(26)23-19-11-12-27-20-10-6-5-9-18(19)20/h2-10,13,15,19H,11-12,14H2,1H3,(H,23,26)/t19-/m0/s1. The summed E-state index contributed by atoms with van der Waals surface area (Å²) in [6, 6.07) is 17.6. The highest BCUT2D eigenvalue weighted by Crippen LogP contribution is 2.31. The van der Waals surface area contributed by atoms with Crippen LogP contribution < -0.4 is 10.1 Å². The zero-order chi connectivity index (χ0) is 18.6. The summed E-state index contributed by atoms with van der Waals surface area (Å²) in [5, 5.41) is 7.50. The van der Waals surface area contributed by atoms with Crippen LogP contribution in [-0.2, 0) is 6.54 Å². The fraction of sp³-hybridized carbons (Fsp3) is 0.238. The third-order valence-electron chi connectivity index (χ3n) is 4.68. The maximum atomic E-state index is 12.6. The number of para-hydroxylation sites is 2. The van der Waals surface area contributed by atoms with E-state index in [1.54, 1.807) is 18.1 Å². The van der Waals surface area contributed by atoms with E-state index in [0.29, 0.717) is 13.2 Å². The Bertz CT molecular complexity index is 923. The Balaban J connectivity index is 1.40. The number of carbonyl (C=O) groups is 1. The first-order valence-electron chi connectivity index (χ1n) is 9.03. The quantitative estimate of drug-likeness (QED) is 0.772. The second-order valence-electron chi connectivity index (χ2n) is 6.66. The number of nitrogens with zero attached hydrogens (tertiary/aromatic N) is 3. The molecule has 2 amide bonds. The molecule has 138 valence electrons. The van der Waals surface area contributed by atoms with Crippen LogP contribution in [0.25, 0.3) is 5.69 Å². The molecule has 0 saturated carbocycles. The first kappa shape index (κ1) is 17.1. The Kier molecular flexibility index (Phi) is 4.78. The minimum atomic E-state index is -0.107. The summed E-state index contributed by atoms with van der Waals surface area (Å²) in [6.07, 6.45) is 4.51. The van der Waals surface area contributed by atoms with Crippen molar-refractivity contribution in [1.82, 2.24) is 20.0 Å². The minimum Gasteiger partial charge on any atom is -0.493 e. The van der Waals surface area contributed by atoms with Gasteiger partial charge in [0.05, 0.1) is 31.1 Å². The molecule has 0 fully saturated rings. The summed E-state index contributed by atoms with van der Waals surface area (Å²) < 4.78 is 7.48. The SMILES string of the molecule is CN(Cc1cnn(-c2ccccc2)c1)C(=O)N[C@H]1CCOc2ccccc21. The average molecular weight is 362 g/mol.